The van der Waals surface area contributed by atoms with E-state index in [1.807, 2.05) is 0 Å². The smallest absolute Gasteiger partial charge is 0.244 e. The summed E-state index contributed by atoms with van der Waals surface area (Å²) in [6.07, 6.45) is 0. The van der Waals surface area contributed by atoms with E-state index in [0.29, 0.717) is 11.4 Å². The predicted octanol–water partition coefficient (Wildman–Crippen LogP) is 1.29. The Labute approximate surface area is 145 Å². The van der Waals surface area contributed by atoms with Crippen molar-refractivity contribution in [2.75, 3.05) is 30.4 Å². The molecular formula is C17H17N3O4S. The molecule has 0 aromatic heterocycles. The quantitative estimate of drug-likeness (QED) is 0.891. The second kappa shape index (κ2) is 6.66. The van der Waals surface area contributed by atoms with Gasteiger partial charge in [0, 0.05) is 7.05 Å². The van der Waals surface area contributed by atoms with E-state index in [1.54, 1.807) is 42.5 Å². The number of hydrogen-bond acceptors (Lipinski definition) is 4. The number of fused-ring (bicyclic) bond motifs is 1. The lowest BCUT2D eigenvalue weighted by atomic mass is 10.2. The normalized spacial score (nSPS) is 14.2. The molecule has 0 bridgehead atoms. The molecule has 25 heavy (non-hydrogen) atoms. The van der Waals surface area contributed by atoms with Gasteiger partial charge in [0.25, 0.3) is 0 Å². The molecule has 0 spiro atoms. The Morgan fingerprint density at radius 1 is 1.12 bits per heavy atom. The van der Waals surface area contributed by atoms with Crippen molar-refractivity contribution in [3.05, 3.63) is 54.6 Å². The Morgan fingerprint density at radius 3 is 2.48 bits per heavy atom. The highest BCUT2D eigenvalue weighted by Gasteiger charge is 2.30. The second-order valence-corrected chi connectivity index (χ2v) is 7.66. The molecule has 2 amide bonds. The number of benzene rings is 2. The number of amides is 2. The predicted molar refractivity (Wildman–Crippen MR) is 93.7 cm³/mol. The number of rotatable bonds is 4. The Morgan fingerprint density at radius 2 is 1.76 bits per heavy atom. The summed E-state index contributed by atoms with van der Waals surface area (Å²) in [4.78, 5) is 25.9. The van der Waals surface area contributed by atoms with Crippen molar-refractivity contribution < 1.29 is 18.0 Å². The summed E-state index contributed by atoms with van der Waals surface area (Å²) >= 11 is 0. The largest absolute Gasteiger partial charge is 0.323 e. The first-order valence-electron chi connectivity index (χ1n) is 7.60. The Balaban J connectivity index is 1.82. The molecule has 1 aliphatic rings. The van der Waals surface area contributed by atoms with Crippen LogP contribution in [0.3, 0.4) is 0 Å². The van der Waals surface area contributed by atoms with Gasteiger partial charge in [-0.15, -0.1) is 0 Å². The SMILES string of the molecule is CN(CC(=O)N1CC(=O)Nc2ccccc21)S(=O)(=O)c1ccccc1. The molecule has 0 fully saturated rings. The van der Waals surface area contributed by atoms with Gasteiger partial charge < -0.3 is 5.32 Å². The van der Waals surface area contributed by atoms with Crippen molar-refractivity contribution >= 4 is 33.2 Å². The minimum atomic E-state index is -3.78. The molecule has 8 heteroatoms. The monoisotopic (exact) mass is 359 g/mol. The summed E-state index contributed by atoms with van der Waals surface area (Å²) < 4.78 is 26.1. The Hall–Kier alpha value is -2.71. The highest BCUT2D eigenvalue weighted by Crippen LogP contribution is 2.29. The second-order valence-electron chi connectivity index (χ2n) is 5.62. The molecule has 2 aromatic carbocycles. The number of likely N-dealkylation sites (N-methyl/N-ethyl adjacent to an activating group) is 1. The van der Waals surface area contributed by atoms with Crippen LogP contribution in [0.25, 0.3) is 0 Å². The van der Waals surface area contributed by atoms with E-state index >= 15 is 0 Å². The molecule has 1 N–H and O–H groups in total. The number of anilines is 2. The molecule has 0 unspecified atom stereocenters. The Bertz CT molecular complexity index is 913. The zero-order valence-electron chi connectivity index (χ0n) is 13.5. The van der Waals surface area contributed by atoms with Gasteiger partial charge in [-0.2, -0.15) is 4.31 Å². The molecule has 130 valence electrons. The zero-order chi connectivity index (χ0) is 18.0. The number of carbonyl (C=O) groups is 2. The third kappa shape index (κ3) is 3.40. The van der Waals surface area contributed by atoms with E-state index < -0.39 is 15.9 Å². The van der Waals surface area contributed by atoms with Crippen LogP contribution in [0.15, 0.2) is 59.5 Å². The maximum Gasteiger partial charge on any atom is 0.244 e. The van der Waals surface area contributed by atoms with Crippen LogP contribution in [0.4, 0.5) is 11.4 Å². The first-order valence-corrected chi connectivity index (χ1v) is 9.04. The lowest BCUT2D eigenvalue weighted by Gasteiger charge is -2.30. The van der Waals surface area contributed by atoms with Crippen LogP contribution in [-0.2, 0) is 19.6 Å². The van der Waals surface area contributed by atoms with Crippen LogP contribution in [0.2, 0.25) is 0 Å². The standard InChI is InChI=1S/C17H17N3O4S/c1-19(25(23,24)13-7-3-2-4-8-13)12-17(22)20-11-16(21)18-14-9-5-6-10-15(14)20/h2-10H,11-12H2,1H3,(H,18,21). The molecule has 3 rings (SSSR count). The van der Waals surface area contributed by atoms with Crippen LogP contribution in [0, 0.1) is 0 Å². The fourth-order valence-corrected chi connectivity index (χ4v) is 3.73. The van der Waals surface area contributed by atoms with Crippen LogP contribution in [-0.4, -0.2) is 44.7 Å². The van der Waals surface area contributed by atoms with Crippen molar-refractivity contribution in [3.63, 3.8) is 0 Å². The van der Waals surface area contributed by atoms with Crippen molar-refractivity contribution in [2.45, 2.75) is 4.90 Å². The highest BCUT2D eigenvalue weighted by molar-refractivity contribution is 7.89. The number of carbonyl (C=O) groups excluding carboxylic acids is 2. The third-order valence-corrected chi connectivity index (χ3v) is 5.70. The molecule has 0 saturated carbocycles. The molecule has 2 aromatic rings. The lowest BCUT2D eigenvalue weighted by Crippen LogP contribution is -2.46. The molecule has 0 atom stereocenters. The number of sulfonamides is 1. The van der Waals surface area contributed by atoms with E-state index in [4.69, 9.17) is 0 Å². The van der Waals surface area contributed by atoms with Crippen molar-refractivity contribution in [3.8, 4) is 0 Å². The van der Waals surface area contributed by atoms with Gasteiger partial charge in [0.15, 0.2) is 0 Å². The van der Waals surface area contributed by atoms with Gasteiger partial charge in [-0.1, -0.05) is 30.3 Å². The molecule has 0 aliphatic carbocycles. The van der Waals surface area contributed by atoms with Crippen molar-refractivity contribution in [1.82, 2.24) is 4.31 Å². The number of nitrogens with one attached hydrogen (secondary N) is 1. The fraction of sp³-hybridized carbons (Fsp3) is 0.176. The summed E-state index contributed by atoms with van der Waals surface area (Å²) in [5.74, 6) is -0.787. The van der Waals surface area contributed by atoms with Gasteiger partial charge in [-0.3, -0.25) is 14.5 Å². The first kappa shape index (κ1) is 17.1. The lowest BCUT2D eigenvalue weighted by molar-refractivity contribution is -0.121. The van der Waals surface area contributed by atoms with Gasteiger partial charge >= 0.3 is 0 Å². The highest BCUT2D eigenvalue weighted by atomic mass is 32.2. The molecule has 1 aliphatic heterocycles. The maximum absolute atomic E-state index is 12.6. The summed E-state index contributed by atoms with van der Waals surface area (Å²) in [6, 6.07) is 14.8. The van der Waals surface area contributed by atoms with Crippen molar-refractivity contribution in [1.29, 1.82) is 0 Å². The van der Waals surface area contributed by atoms with Gasteiger partial charge in [0.1, 0.15) is 6.54 Å². The van der Waals surface area contributed by atoms with E-state index in [-0.39, 0.29) is 23.9 Å². The van der Waals surface area contributed by atoms with E-state index in [0.717, 1.165) is 4.31 Å². The van der Waals surface area contributed by atoms with Crippen LogP contribution in [0.5, 0.6) is 0 Å². The summed E-state index contributed by atoms with van der Waals surface area (Å²) in [5.41, 5.74) is 1.08. The number of hydrogen-bond donors (Lipinski definition) is 1. The topological polar surface area (TPSA) is 86.8 Å². The third-order valence-electron chi connectivity index (χ3n) is 3.88. The zero-order valence-corrected chi connectivity index (χ0v) is 14.4. The van der Waals surface area contributed by atoms with Gasteiger partial charge in [-0.05, 0) is 24.3 Å². The van der Waals surface area contributed by atoms with E-state index in [1.165, 1.54) is 24.1 Å². The van der Waals surface area contributed by atoms with Crippen LogP contribution >= 0.6 is 0 Å². The summed E-state index contributed by atoms with van der Waals surface area (Å²) in [6.45, 7) is -0.506. The molecule has 7 nitrogen and oxygen atoms in total. The number of para-hydroxylation sites is 2. The molecular weight excluding hydrogens is 342 g/mol. The van der Waals surface area contributed by atoms with E-state index in [2.05, 4.69) is 5.32 Å². The summed E-state index contributed by atoms with van der Waals surface area (Å²) in [7, 11) is -2.43. The van der Waals surface area contributed by atoms with Gasteiger partial charge in [0.2, 0.25) is 21.8 Å². The maximum atomic E-state index is 12.6. The average Bonchev–Trinajstić information content (AvgIpc) is 2.61. The van der Waals surface area contributed by atoms with E-state index in [9.17, 15) is 18.0 Å². The average molecular weight is 359 g/mol. The number of nitrogens with zero attached hydrogens (tertiary/aromatic N) is 2. The first-order chi connectivity index (χ1) is 11.9. The molecule has 1 heterocycles. The fourth-order valence-electron chi connectivity index (χ4n) is 2.59. The van der Waals surface area contributed by atoms with Crippen LogP contribution in [0.1, 0.15) is 0 Å². The molecule has 0 saturated heterocycles. The van der Waals surface area contributed by atoms with Gasteiger partial charge in [-0.25, -0.2) is 8.42 Å². The Kier molecular flexibility index (Phi) is 4.56. The minimum Gasteiger partial charge on any atom is -0.323 e. The molecule has 0 radical (unpaired) electrons. The summed E-state index contributed by atoms with van der Waals surface area (Å²) in [5, 5.41) is 2.69. The van der Waals surface area contributed by atoms with Crippen molar-refractivity contribution in [2.24, 2.45) is 0 Å². The van der Waals surface area contributed by atoms with Crippen LogP contribution < -0.4 is 10.2 Å². The van der Waals surface area contributed by atoms with Gasteiger partial charge in [0.05, 0.1) is 22.8 Å². The minimum absolute atomic E-state index is 0.113.